The molecule has 0 spiro atoms. The first-order valence-corrected chi connectivity index (χ1v) is 14.2. The zero-order chi connectivity index (χ0) is 26.3. The Morgan fingerprint density at radius 2 is 2.27 bits per heavy atom. The van der Waals surface area contributed by atoms with Crippen molar-refractivity contribution in [3.8, 4) is 5.75 Å². The molecule has 0 aliphatic carbocycles. The van der Waals surface area contributed by atoms with Gasteiger partial charge in [-0.3, -0.25) is 9.78 Å². The van der Waals surface area contributed by atoms with Crippen LogP contribution in [-0.2, 0) is 22.7 Å². The fraction of sp³-hybridized carbons (Fsp3) is 0.360. The molecule has 0 radical (unpaired) electrons. The third-order valence-electron chi connectivity index (χ3n) is 6.73. The zero-order valence-electron chi connectivity index (χ0n) is 20.4. The van der Waals surface area contributed by atoms with Crippen molar-refractivity contribution in [2.24, 2.45) is 5.84 Å². The number of nitrogens with two attached hydrogens (primary N) is 1. The van der Waals surface area contributed by atoms with Crippen molar-refractivity contribution >= 4 is 51.6 Å². The minimum atomic E-state index is -1.52. The van der Waals surface area contributed by atoms with E-state index >= 15 is 0 Å². The van der Waals surface area contributed by atoms with Crippen LogP contribution in [0.2, 0.25) is 4.34 Å². The third-order valence-corrected chi connectivity index (χ3v) is 9.72. The van der Waals surface area contributed by atoms with Gasteiger partial charge in [-0.05, 0) is 37.1 Å². The van der Waals surface area contributed by atoms with Crippen LogP contribution in [0.5, 0.6) is 5.75 Å². The standard InChI is InChI=1S/C25H28ClN5O4S2/c1-3-31(27)19-5-4-17-14(2)24(19)29-10-16-13-30(37(34)22-11-28-7-6-20(22)35-16)12-15-8-21(36-25(15)26)18(17)9-23(32)33/h4-8,11,16,18,29H,3,9-10,12-13,27H2,1-2H3,(H,32,33)/t16-,18+,37?/m1/s1. The lowest BCUT2D eigenvalue weighted by molar-refractivity contribution is -0.137. The number of ether oxygens (including phenoxy) is 1. The normalized spacial score (nSPS) is 22.7. The van der Waals surface area contributed by atoms with Gasteiger partial charge in [0.1, 0.15) is 6.10 Å². The number of benzene rings is 1. The molecule has 0 saturated heterocycles. The van der Waals surface area contributed by atoms with E-state index in [9.17, 15) is 14.5 Å². The Morgan fingerprint density at radius 1 is 1.46 bits per heavy atom. The van der Waals surface area contributed by atoms with Crippen molar-refractivity contribution < 1.29 is 19.2 Å². The Kier molecular flexibility index (Phi) is 7.53. The average Bonchev–Trinajstić information content (AvgIpc) is 3.17. The number of pyridine rings is 1. The molecule has 37 heavy (non-hydrogen) atoms. The van der Waals surface area contributed by atoms with Crippen LogP contribution < -0.4 is 20.9 Å². The lowest BCUT2D eigenvalue weighted by atomic mass is 9.89. The van der Waals surface area contributed by atoms with Gasteiger partial charge in [-0.1, -0.05) is 17.7 Å². The molecule has 0 saturated carbocycles. The van der Waals surface area contributed by atoms with Crippen LogP contribution in [0.1, 0.15) is 40.8 Å². The number of carboxylic acids is 1. The summed E-state index contributed by atoms with van der Waals surface area (Å²) >= 11 is 6.54. The Hall–Kier alpha value is -2.54. The molecule has 2 unspecified atom stereocenters. The maximum Gasteiger partial charge on any atom is 0.304 e. The summed E-state index contributed by atoms with van der Waals surface area (Å²) in [5, 5.41) is 15.0. The quantitative estimate of drug-likeness (QED) is 0.245. The highest BCUT2D eigenvalue weighted by atomic mass is 35.5. The third kappa shape index (κ3) is 5.12. The smallest absolute Gasteiger partial charge is 0.304 e. The fourth-order valence-corrected chi connectivity index (χ4v) is 7.52. The molecule has 5 rings (SSSR count). The van der Waals surface area contributed by atoms with Gasteiger partial charge in [-0.15, -0.1) is 15.6 Å². The Labute approximate surface area is 227 Å². The second-order valence-electron chi connectivity index (χ2n) is 9.07. The zero-order valence-corrected chi connectivity index (χ0v) is 22.8. The summed E-state index contributed by atoms with van der Waals surface area (Å²) in [6.07, 6.45) is 2.76. The van der Waals surface area contributed by atoms with E-state index in [0.717, 1.165) is 32.9 Å². The maximum absolute atomic E-state index is 13.6. The predicted molar refractivity (Wildman–Crippen MR) is 146 cm³/mol. The molecule has 3 aromatic rings. The molecule has 4 atom stereocenters. The van der Waals surface area contributed by atoms with E-state index < -0.39 is 23.2 Å². The molecular formula is C25H28ClN5O4S2. The van der Waals surface area contributed by atoms with Crippen molar-refractivity contribution in [1.29, 1.82) is 0 Å². The number of fused-ring (bicyclic) bond motifs is 7. The van der Waals surface area contributed by atoms with Crippen LogP contribution in [-0.4, -0.2) is 50.7 Å². The first-order chi connectivity index (χ1) is 17.8. The number of carboxylic acid groups (broad SMARTS) is 1. The average molecular weight is 562 g/mol. The molecule has 2 aliphatic rings. The van der Waals surface area contributed by atoms with Crippen LogP contribution in [0, 0.1) is 6.92 Å². The summed E-state index contributed by atoms with van der Waals surface area (Å²) in [6, 6.07) is 7.56. The minimum Gasteiger partial charge on any atom is -0.593 e. The number of nitrogens with one attached hydrogen (secondary N) is 1. The molecular weight excluding hydrogens is 534 g/mol. The molecule has 4 heterocycles. The van der Waals surface area contributed by atoms with Crippen molar-refractivity contribution in [2.45, 2.75) is 43.7 Å². The van der Waals surface area contributed by atoms with Crippen molar-refractivity contribution in [3.05, 3.63) is 62.6 Å². The van der Waals surface area contributed by atoms with Crippen molar-refractivity contribution in [3.63, 3.8) is 0 Å². The summed E-state index contributed by atoms with van der Waals surface area (Å²) in [6.45, 7) is 5.64. The number of aromatic nitrogens is 1. The van der Waals surface area contributed by atoms with Gasteiger partial charge in [-0.25, -0.2) is 5.84 Å². The summed E-state index contributed by atoms with van der Waals surface area (Å²) in [5.74, 6) is 5.56. The number of aliphatic carboxylic acids is 1. The van der Waals surface area contributed by atoms with Gasteiger partial charge in [0.05, 0.1) is 59.3 Å². The first kappa shape index (κ1) is 26.1. The number of thiophene rings is 1. The van der Waals surface area contributed by atoms with Gasteiger partial charge in [0, 0.05) is 35.2 Å². The van der Waals surface area contributed by atoms with Gasteiger partial charge in [0.25, 0.3) is 0 Å². The molecule has 0 amide bonds. The highest BCUT2D eigenvalue weighted by Gasteiger charge is 2.36. The molecule has 6 bridgehead atoms. The number of halogens is 1. The van der Waals surface area contributed by atoms with Gasteiger partial charge < -0.3 is 24.7 Å². The van der Waals surface area contributed by atoms with Gasteiger partial charge >= 0.3 is 5.97 Å². The van der Waals surface area contributed by atoms with E-state index in [1.807, 2.05) is 36.4 Å². The SMILES string of the molecule is CCN(N)c1ccc2c(C)c1NC[C@@H]1CN(Cc3cc(sc3Cl)[C@H]2CC(=O)O)[S+]([O-])c2cnccc2O1. The molecule has 2 aliphatic heterocycles. The minimum absolute atomic E-state index is 0.0869. The van der Waals surface area contributed by atoms with Gasteiger partial charge in [-0.2, -0.15) is 0 Å². The Bertz CT molecular complexity index is 1320. The van der Waals surface area contributed by atoms with E-state index in [1.165, 1.54) is 11.3 Å². The second kappa shape index (κ2) is 10.7. The summed E-state index contributed by atoms with van der Waals surface area (Å²) in [5.41, 5.74) is 4.23. The van der Waals surface area contributed by atoms with Crippen molar-refractivity contribution in [2.75, 3.05) is 30.0 Å². The van der Waals surface area contributed by atoms with E-state index in [2.05, 4.69) is 10.3 Å². The topological polar surface area (TPSA) is 127 Å². The predicted octanol–water partition coefficient (Wildman–Crippen LogP) is 4.12. The monoisotopic (exact) mass is 561 g/mol. The number of hydrogen-bond donors (Lipinski definition) is 3. The maximum atomic E-state index is 13.6. The number of hydrogen-bond acceptors (Lipinski definition) is 9. The Morgan fingerprint density at radius 3 is 3.03 bits per heavy atom. The molecule has 9 nitrogen and oxygen atoms in total. The summed E-state index contributed by atoms with van der Waals surface area (Å²) in [7, 11) is 0. The second-order valence-corrected chi connectivity index (χ2v) is 12.2. The Balaban J connectivity index is 1.68. The van der Waals surface area contributed by atoms with E-state index in [-0.39, 0.29) is 12.5 Å². The van der Waals surface area contributed by atoms with E-state index in [1.54, 1.807) is 23.5 Å². The number of carbonyl (C=O) groups is 1. The number of hydrazine groups is 1. The summed E-state index contributed by atoms with van der Waals surface area (Å²) < 4.78 is 22.3. The van der Waals surface area contributed by atoms with Crippen LogP contribution in [0.3, 0.4) is 0 Å². The molecule has 1 aromatic carbocycles. The number of anilines is 2. The van der Waals surface area contributed by atoms with E-state index in [0.29, 0.717) is 41.2 Å². The fourth-order valence-electron chi connectivity index (χ4n) is 4.85. The van der Waals surface area contributed by atoms with Crippen LogP contribution in [0.15, 0.2) is 41.6 Å². The van der Waals surface area contributed by atoms with E-state index in [4.69, 9.17) is 22.2 Å². The highest BCUT2D eigenvalue weighted by molar-refractivity contribution is 7.89. The molecule has 12 heteroatoms. The van der Waals surface area contributed by atoms with Crippen LogP contribution in [0.25, 0.3) is 0 Å². The molecule has 4 N–H and O–H groups in total. The lowest BCUT2D eigenvalue weighted by Gasteiger charge is -2.28. The molecule has 2 aromatic heterocycles. The van der Waals surface area contributed by atoms with Gasteiger partial charge in [0.15, 0.2) is 5.75 Å². The van der Waals surface area contributed by atoms with Crippen LogP contribution in [0.4, 0.5) is 11.4 Å². The molecule has 0 fully saturated rings. The lowest BCUT2D eigenvalue weighted by Crippen LogP contribution is -2.40. The largest absolute Gasteiger partial charge is 0.593 e. The van der Waals surface area contributed by atoms with Gasteiger partial charge in [0.2, 0.25) is 4.90 Å². The number of rotatable bonds is 4. The first-order valence-electron chi connectivity index (χ1n) is 11.9. The van der Waals surface area contributed by atoms with Crippen molar-refractivity contribution in [1.82, 2.24) is 9.29 Å². The number of nitrogens with zero attached hydrogens (tertiary/aromatic N) is 3. The molecule has 196 valence electrons. The summed E-state index contributed by atoms with van der Waals surface area (Å²) in [4.78, 5) is 17.4. The van der Waals surface area contributed by atoms with Crippen LogP contribution >= 0.6 is 22.9 Å². The highest BCUT2D eigenvalue weighted by Crippen LogP contribution is 2.43.